The van der Waals surface area contributed by atoms with E-state index in [1.54, 1.807) is 26.0 Å². The van der Waals surface area contributed by atoms with Gasteiger partial charge in [0.05, 0.1) is 13.2 Å². The van der Waals surface area contributed by atoms with Crippen LogP contribution in [0.3, 0.4) is 0 Å². The fourth-order valence-corrected chi connectivity index (χ4v) is 4.57. The number of hydrogen-bond donors (Lipinski definition) is 1. The van der Waals surface area contributed by atoms with Crippen LogP contribution in [0.25, 0.3) is 0 Å². The zero-order chi connectivity index (χ0) is 17.6. The van der Waals surface area contributed by atoms with Crippen molar-refractivity contribution in [2.75, 3.05) is 18.5 Å². The molecule has 0 radical (unpaired) electrons. The maximum absolute atomic E-state index is 13.3. The lowest BCUT2D eigenvalue weighted by Gasteiger charge is -2.28. The molecule has 0 saturated carbocycles. The summed E-state index contributed by atoms with van der Waals surface area (Å²) >= 11 is 9.38. The summed E-state index contributed by atoms with van der Waals surface area (Å²) in [6, 6.07) is 14.8. The molecular formula is C17H20BrClNO3P. The fourth-order valence-electron chi connectivity index (χ4n) is 2.24. The van der Waals surface area contributed by atoms with Gasteiger partial charge in [-0.2, -0.15) is 0 Å². The van der Waals surface area contributed by atoms with Crippen molar-refractivity contribution in [2.45, 2.75) is 19.6 Å². The molecule has 0 aliphatic carbocycles. The largest absolute Gasteiger partial charge is 0.368 e. The molecule has 0 unspecified atom stereocenters. The first-order chi connectivity index (χ1) is 11.5. The minimum absolute atomic E-state index is 0.295. The molecule has 0 aliphatic rings. The smallest absolute Gasteiger partial charge is 0.357 e. The lowest BCUT2D eigenvalue weighted by Crippen LogP contribution is -2.15. The van der Waals surface area contributed by atoms with Crippen molar-refractivity contribution in [1.82, 2.24) is 0 Å². The molecule has 0 aliphatic heterocycles. The maximum Gasteiger partial charge on any atom is 0.357 e. The zero-order valence-corrected chi connectivity index (χ0v) is 16.8. The summed E-state index contributed by atoms with van der Waals surface area (Å²) in [5, 5.41) is 3.89. The molecular weight excluding hydrogens is 413 g/mol. The lowest BCUT2D eigenvalue weighted by molar-refractivity contribution is 0.214. The standard InChI is InChI=1S/C17H20BrClNO3P/c1-3-22-24(21,23-4-2)17(13-5-9-15(19)10-6-13)20-16-11-7-14(18)8-12-16/h5-12,17,20H,3-4H2,1-2H3/t17-/m0/s1. The molecule has 0 spiro atoms. The molecule has 0 bridgehead atoms. The molecule has 1 atom stereocenters. The number of rotatable bonds is 8. The Morgan fingerprint density at radius 2 is 1.58 bits per heavy atom. The average molecular weight is 433 g/mol. The van der Waals surface area contributed by atoms with E-state index in [4.69, 9.17) is 20.6 Å². The summed E-state index contributed by atoms with van der Waals surface area (Å²) in [6.07, 6.45) is 0. The first-order valence-corrected chi connectivity index (χ1v) is 10.4. The topological polar surface area (TPSA) is 47.6 Å². The zero-order valence-electron chi connectivity index (χ0n) is 13.5. The van der Waals surface area contributed by atoms with Crippen LogP contribution < -0.4 is 5.32 Å². The van der Waals surface area contributed by atoms with Crippen molar-refractivity contribution < 1.29 is 13.6 Å². The number of anilines is 1. The molecule has 2 aromatic rings. The Balaban J connectivity index is 2.41. The quantitative estimate of drug-likeness (QED) is 0.485. The highest BCUT2D eigenvalue weighted by molar-refractivity contribution is 9.10. The van der Waals surface area contributed by atoms with Gasteiger partial charge in [-0.1, -0.05) is 39.7 Å². The van der Waals surface area contributed by atoms with Crippen LogP contribution in [0.4, 0.5) is 5.69 Å². The van der Waals surface area contributed by atoms with Crippen LogP contribution in [0.15, 0.2) is 53.0 Å². The van der Waals surface area contributed by atoms with Crippen LogP contribution in [0.2, 0.25) is 5.02 Å². The Labute approximate surface area is 156 Å². The van der Waals surface area contributed by atoms with Crippen molar-refractivity contribution in [1.29, 1.82) is 0 Å². The second-order valence-corrected chi connectivity index (χ2v) is 8.45. The molecule has 130 valence electrons. The second-order valence-electron chi connectivity index (χ2n) is 4.98. The monoisotopic (exact) mass is 431 g/mol. The molecule has 0 heterocycles. The van der Waals surface area contributed by atoms with Crippen molar-refractivity contribution in [3.05, 3.63) is 63.6 Å². The van der Waals surface area contributed by atoms with Gasteiger partial charge in [0.1, 0.15) is 0 Å². The first-order valence-electron chi connectivity index (χ1n) is 7.65. The van der Waals surface area contributed by atoms with Crippen molar-refractivity contribution in [3.63, 3.8) is 0 Å². The van der Waals surface area contributed by atoms with Gasteiger partial charge in [-0.15, -0.1) is 0 Å². The van der Waals surface area contributed by atoms with E-state index in [-0.39, 0.29) is 0 Å². The van der Waals surface area contributed by atoms with E-state index in [1.165, 1.54) is 0 Å². The summed E-state index contributed by atoms with van der Waals surface area (Å²) in [7, 11) is -3.41. The van der Waals surface area contributed by atoms with Crippen molar-refractivity contribution in [2.24, 2.45) is 0 Å². The molecule has 2 rings (SSSR count). The maximum atomic E-state index is 13.3. The van der Waals surface area contributed by atoms with Gasteiger partial charge in [-0.05, 0) is 55.8 Å². The average Bonchev–Trinajstić information content (AvgIpc) is 2.56. The van der Waals surface area contributed by atoms with Gasteiger partial charge in [0.15, 0.2) is 5.78 Å². The van der Waals surface area contributed by atoms with E-state index < -0.39 is 13.4 Å². The van der Waals surface area contributed by atoms with Crippen molar-refractivity contribution in [3.8, 4) is 0 Å². The summed E-state index contributed by atoms with van der Waals surface area (Å²) < 4.78 is 25.4. The second kappa shape index (κ2) is 9.02. The third-order valence-electron chi connectivity index (χ3n) is 3.27. The minimum atomic E-state index is -3.41. The van der Waals surface area contributed by atoms with Crippen LogP contribution in [0.1, 0.15) is 25.2 Å². The summed E-state index contributed by atoms with van der Waals surface area (Å²) in [4.78, 5) is 0. The number of hydrogen-bond acceptors (Lipinski definition) is 4. The normalized spacial score (nSPS) is 12.8. The van der Waals surface area contributed by atoms with Crippen LogP contribution in [-0.4, -0.2) is 13.2 Å². The highest BCUT2D eigenvalue weighted by atomic mass is 79.9. The molecule has 0 saturated heterocycles. The number of benzene rings is 2. The molecule has 2 aromatic carbocycles. The highest BCUT2D eigenvalue weighted by Gasteiger charge is 2.37. The minimum Gasteiger partial charge on any atom is -0.368 e. The van der Waals surface area contributed by atoms with Gasteiger partial charge in [0.2, 0.25) is 0 Å². The molecule has 0 aromatic heterocycles. The summed E-state index contributed by atoms with van der Waals surface area (Å²) in [6.45, 7) is 4.18. The molecule has 7 heteroatoms. The Morgan fingerprint density at radius 1 is 1.04 bits per heavy atom. The molecule has 24 heavy (non-hydrogen) atoms. The SMILES string of the molecule is CCOP(=O)(OCC)[C@H](Nc1ccc(Br)cc1)c1ccc(Cl)cc1. The van der Waals surface area contributed by atoms with Gasteiger partial charge in [0.25, 0.3) is 0 Å². The first kappa shape index (κ1) is 19.5. The van der Waals surface area contributed by atoms with Crippen LogP contribution >= 0.6 is 35.1 Å². The van der Waals surface area contributed by atoms with Gasteiger partial charge >= 0.3 is 7.60 Å². The van der Waals surface area contributed by atoms with E-state index in [9.17, 15) is 4.57 Å². The van der Waals surface area contributed by atoms with Gasteiger partial charge < -0.3 is 14.4 Å². The molecule has 0 amide bonds. The van der Waals surface area contributed by atoms with Gasteiger partial charge in [0, 0.05) is 15.2 Å². The van der Waals surface area contributed by atoms with Crippen LogP contribution in [0.5, 0.6) is 0 Å². The van der Waals surface area contributed by atoms with Crippen LogP contribution in [0, 0.1) is 0 Å². The fraction of sp³-hybridized carbons (Fsp3) is 0.294. The number of halogens is 2. The molecule has 0 fully saturated rings. The Morgan fingerprint density at radius 3 is 2.08 bits per heavy atom. The van der Waals surface area contributed by atoms with Crippen molar-refractivity contribution >= 4 is 40.8 Å². The Kier molecular flexibility index (Phi) is 7.33. The van der Waals surface area contributed by atoms with Gasteiger partial charge in [-0.3, -0.25) is 4.57 Å². The third kappa shape index (κ3) is 5.08. The third-order valence-corrected chi connectivity index (χ3v) is 6.34. The summed E-state index contributed by atoms with van der Waals surface area (Å²) in [5.41, 5.74) is 1.60. The molecule has 1 N–H and O–H groups in total. The van der Waals surface area contributed by atoms with E-state index in [0.717, 1.165) is 15.7 Å². The number of nitrogens with one attached hydrogen (secondary N) is 1. The summed E-state index contributed by atoms with van der Waals surface area (Å²) in [5.74, 6) is -0.629. The highest BCUT2D eigenvalue weighted by Crippen LogP contribution is 2.60. The molecule has 4 nitrogen and oxygen atoms in total. The predicted octanol–water partition coefficient (Wildman–Crippen LogP) is 6.48. The lowest BCUT2D eigenvalue weighted by atomic mass is 10.2. The van der Waals surface area contributed by atoms with E-state index in [0.29, 0.717) is 18.2 Å². The van der Waals surface area contributed by atoms with Gasteiger partial charge in [-0.25, -0.2) is 0 Å². The Bertz CT molecular complexity index is 684. The van der Waals surface area contributed by atoms with Crippen LogP contribution in [-0.2, 0) is 13.6 Å². The Hall–Kier alpha value is -0.840. The van der Waals surface area contributed by atoms with E-state index in [1.807, 2.05) is 36.4 Å². The van der Waals surface area contributed by atoms with E-state index in [2.05, 4.69) is 21.2 Å². The predicted molar refractivity (Wildman–Crippen MR) is 103 cm³/mol. The van der Waals surface area contributed by atoms with E-state index >= 15 is 0 Å².